The molecule has 2 aliphatic rings. The van der Waals surface area contributed by atoms with Gasteiger partial charge >= 0.3 is 0 Å². The number of hydrogen-bond acceptors (Lipinski definition) is 5. The number of aryl methyl sites for hydroxylation is 1. The maximum absolute atomic E-state index is 10.9. The molecule has 1 aromatic rings. The predicted molar refractivity (Wildman–Crippen MR) is 127 cm³/mol. The number of nitrogens with zero attached hydrogens (tertiary/aromatic N) is 4. The molecule has 0 saturated heterocycles. The van der Waals surface area contributed by atoms with Gasteiger partial charge in [-0.05, 0) is 78.5 Å². The Labute approximate surface area is 182 Å². The van der Waals surface area contributed by atoms with Gasteiger partial charge in [0.1, 0.15) is 5.75 Å². The Morgan fingerprint density at radius 1 is 0.767 bits per heavy atom. The molecular formula is C25H40N4O. The summed E-state index contributed by atoms with van der Waals surface area (Å²) in [5.74, 6) is 0.294. The molecule has 166 valence electrons. The smallest absolute Gasteiger partial charge is 0.133 e. The number of benzene rings is 1. The third kappa shape index (κ3) is 5.70. The molecule has 4 atom stereocenters. The van der Waals surface area contributed by atoms with Gasteiger partial charge in [-0.2, -0.15) is 0 Å². The molecule has 0 spiro atoms. The molecule has 1 aromatic carbocycles. The van der Waals surface area contributed by atoms with Crippen molar-refractivity contribution in [3.8, 4) is 5.75 Å². The number of aromatic hydroxyl groups is 1. The van der Waals surface area contributed by atoms with Crippen molar-refractivity contribution in [1.29, 1.82) is 0 Å². The van der Waals surface area contributed by atoms with Gasteiger partial charge in [0.2, 0.25) is 0 Å². The van der Waals surface area contributed by atoms with Crippen LogP contribution >= 0.6 is 0 Å². The minimum absolute atomic E-state index is 0.294. The van der Waals surface area contributed by atoms with Crippen molar-refractivity contribution >= 4 is 12.4 Å². The summed E-state index contributed by atoms with van der Waals surface area (Å²) in [7, 11) is 8.57. The van der Waals surface area contributed by atoms with E-state index < -0.39 is 0 Å². The minimum Gasteiger partial charge on any atom is -0.507 e. The summed E-state index contributed by atoms with van der Waals surface area (Å²) in [6.45, 7) is 2.07. The van der Waals surface area contributed by atoms with Crippen molar-refractivity contribution in [1.82, 2.24) is 9.80 Å². The Kier molecular flexibility index (Phi) is 8.06. The number of phenolic OH excluding ortho intramolecular Hbond substituents is 1. The molecule has 2 fully saturated rings. The molecular weight excluding hydrogens is 372 g/mol. The van der Waals surface area contributed by atoms with E-state index in [1.54, 1.807) is 0 Å². The van der Waals surface area contributed by atoms with Crippen LogP contribution in [0.5, 0.6) is 5.75 Å². The van der Waals surface area contributed by atoms with Crippen LogP contribution in [0.15, 0.2) is 22.1 Å². The van der Waals surface area contributed by atoms with E-state index in [2.05, 4.69) is 44.9 Å². The van der Waals surface area contributed by atoms with E-state index in [9.17, 15) is 5.11 Å². The van der Waals surface area contributed by atoms with Gasteiger partial charge in [0.25, 0.3) is 0 Å². The highest BCUT2D eigenvalue weighted by Gasteiger charge is 2.27. The first kappa shape index (κ1) is 23.0. The largest absolute Gasteiger partial charge is 0.507 e. The summed E-state index contributed by atoms with van der Waals surface area (Å²) in [4.78, 5) is 14.4. The maximum atomic E-state index is 10.9. The van der Waals surface area contributed by atoms with E-state index in [4.69, 9.17) is 9.98 Å². The van der Waals surface area contributed by atoms with E-state index in [-0.39, 0.29) is 0 Å². The highest BCUT2D eigenvalue weighted by atomic mass is 16.3. The summed E-state index contributed by atoms with van der Waals surface area (Å²) < 4.78 is 0. The lowest BCUT2D eigenvalue weighted by Crippen LogP contribution is -2.40. The van der Waals surface area contributed by atoms with Crippen molar-refractivity contribution in [2.24, 2.45) is 9.98 Å². The van der Waals surface area contributed by atoms with Crippen LogP contribution in [-0.2, 0) is 0 Å². The summed E-state index contributed by atoms with van der Waals surface area (Å²) in [5.41, 5.74) is 2.72. The molecule has 5 heteroatoms. The van der Waals surface area contributed by atoms with Crippen LogP contribution in [0.2, 0.25) is 0 Å². The fraction of sp³-hybridized carbons (Fsp3) is 0.680. The maximum Gasteiger partial charge on any atom is 0.133 e. The Morgan fingerprint density at radius 3 is 1.57 bits per heavy atom. The van der Waals surface area contributed by atoms with E-state index in [1.807, 2.05) is 24.6 Å². The minimum atomic E-state index is 0.294. The van der Waals surface area contributed by atoms with Gasteiger partial charge < -0.3 is 14.9 Å². The van der Waals surface area contributed by atoms with Gasteiger partial charge in [-0.25, -0.2) is 0 Å². The van der Waals surface area contributed by atoms with Gasteiger partial charge in [0.15, 0.2) is 0 Å². The number of rotatable bonds is 6. The second-order valence-electron chi connectivity index (χ2n) is 9.61. The zero-order valence-corrected chi connectivity index (χ0v) is 19.5. The lowest BCUT2D eigenvalue weighted by Gasteiger charge is -2.33. The highest BCUT2D eigenvalue weighted by Crippen LogP contribution is 2.28. The molecule has 0 radical (unpaired) electrons. The molecule has 2 aliphatic carbocycles. The molecule has 1 N–H and O–H groups in total. The third-order valence-electron chi connectivity index (χ3n) is 6.84. The lowest BCUT2D eigenvalue weighted by molar-refractivity contribution is 0.203. The molecule has 2 saturated carbocycles. The third-order valence-corrected chi connectivity index (χ3v) is 6.84. The normalized spacial score (nSPS) is 28.2. The number of likely N-dealkylation sites (N-methyl/N-ethyl adjacent to an activating group) is 2. The Hall–Kier alpha value is -1.72. The van der Waals surface area contributed by atoms with Gasteiger partial charge in [-0.15, -0.1) is 0 Å². The van der Waals surface area contributed by atoms with Crippen molar-refractivity contribution in [2.45, 2.75) is 82.5 Å². The Balaban J connectivity index is 1.79. The molecule has 0 bridgehead atoms. The van der Waals surface area contributed by atoms with Gasteiger partial charge in [-0.1, -0.05) is 25.7 Å². The molecule has 0 heterocycles. The first-order valence-corrected chi connectivity index (χ1v) is 11.6. The molecule has 0 aliphatic heterocycles. The Bertz CT molecular complexity index is 697. The van der Waals surface area contributed by atoms with Gasteiger partial charge in [-0.3, -0.25) is 9.98 Å². The first-order chi connectivity index (χ1) is 14.4. The van der Waals surface area contributed by atoms with Gasteiger partial charge in [0, 0.05) is 35.6 Å². The van der Waals surface area contributed by atoms with E-state index in [0.29, 0.717) is 29.9 Å². The zero-order chi connectivity index (χ0) is 21.7. The number of phenols is 1. The standard InChI is InChI=1S/C25H40N4O/c1-18-14-19(16-26-21-10-6-8-12-23(21)28(2)3)25(30)20(15-18)17-27-22-11-7-9-13-24(22)29(4)5/h14-17,21-24,30H,6-13H2,1-5H3/t21-,22-,23-,24-/m0/s1. The van der Waals surface area contributed by atoms with Crippen molar-refractivity contribution in [2.75, 3.05) is 28.2 Å². The van der Waals surface area contributed by atoms with Crippen molar-refractivity contribution in [3.05, 3.63) is 28.8 Å². The number of hydrogen-bond donors (Lipinski definition) is 1. The molecule has 0 amide bonds. The first-order valence-electron chi connectivity index (χ1n) is 11.6. The monoisotopic (exact) mass is 412 g/mol. The van der Waals surface area contributed by atoms with Crippen molar-refractivity contribution < 1.29 is 5.11 Å². The fourth-order valence-electron chi connectivity index (χ4n) is 5.12. The van der Waals surface area contributed by atoms with Crippen LogP contribution in [0.25, 0.3) is 0 Å². The second-order valence-corrected chi connectivity index (χ2v) is 9.61. The topological polar surface area (TPSA) is 51.4 Å². The van der Waals surface area contributed by atoms with Gasteiger partial charge in [0.05, 0.1) is 12.1 Å². The summed E-state index contributed by atoms with van der Waals surface area (Å²) in [6.07, 6.45) is 13.4. The molecule has 0 unspecified atom stereocenters. The summed E-state index contributed by atoms with van der Waals surface area (Å²) >= 11 is 0. The quantitative estimate of drug-likeness (QED) is 0.710. The second kappa shape index (κ2) is 10.5. The highest BCUT2D eigenvalue weighted by molar-refractivity contribution is 5.92. The average molecular weight is 413 g/mol. The van der Waals surface area contributed by atoms with Crippen molar-refractivity contribution in [3.63, 3.8) is 0 Å². The van der Waals surface area contributed by atoms with Crippen LogP contribution in [0.1, 0.15) is 68.1 Å². The van der Waals surface area contributed by atoms with E-state index in [0.717, 1.165) is 29.5 Å². The van der Waals surface area contributed by atoms with E-state index >= 15 is 0 Å². The molecule has 30 heavy (non-hydrogen) atoms. The lowest BCUT2D eigenvalue weighted by atomic mass is 9.90. The molecule has 3 rings (SSSR count). The summed E-state index contributed by atoms with van der Waals surface area (Å²) in [6, 6.07) is 5.61. The van der Waals surface area contributed by atoms with Crippen LogP contribution in [0.3, 0.4) is 0 Å². The average Bonchev–Trinajstić information content (AvgIpc) is 2.73. The van der Waals surface area contributed by atoms with E-state index in [1.165, 1.54) is 38.5 Å². The predicted octanol–water partition coefficient (Wildman–Crippen LogP) is 4.28. The van der Waals surface area contributed by atoms with Crippen LogP contribution in [0, 0.1) is 6.92 Å². The van der Waals surface area contributed by atoms with Crippen LogP contribution < -0.4 is 0 Å². The van der Waals surface area contributed by atoms with Crippen LogP contribution in [-0.4, -0.2) is 79.7 Å². The van der Waals surface area contributed by atoms with Crippen LogP contribution in [0.4, 0.5) is 0 Å². The summed E-state index contributed by atoms with van der Waals surface area (Å²) in [5, 5.41) is 10.9. The Morgan fingerprint density at radius 2 is 1.17 bits per heavy atom. The number of aliphatic imine (C=N–C) groups is 2. The fourth-order valence-corrected chi connectivity index (χ4v) is 5.12. The zero-order valence-electron chi connectivity index (χ0n) is 19.5. The molecule has 5 nitrogen and oxygen atoms in total. The SMILES string of the molecule is Cc1cc(C=N[C@H]2CCCC[C@@H]2N(C)C)c(O)c(C=N[C@H]2CCCC[C@@H]2N(C)C)c1. The molecule has 0 aromatic heterocycles.